The van der Waals surface area contributed by atoms with Gasteiger partial charge in [-0.2, -0.15) is 0 Å². The van der Waals surface area contributed by atoms with Gasteiger partial charge in [-0.25, -0.2) is 0 Å². The Morgan fingerprint density at radius 2 is 2.06 bits per heavy atom. The largest absolute Gasteiger partial charge is 0.480 e. The Kier molecular flexibility index (Phi) is 3.46. The van der Waals surface area contributed by atoms with Crippen LogP contribution in [-0.4, -0.2) is 15.6 Å². The Morgan fingerprint density at radius 1 is 1.33 bits per heavy atom. The van der Waals surface area contributed by atoms with E-state index < -0.39 is 5.97 Å². The molecule has 1 aromatic heterocycles. The number of carbonyl (C=O) groups is 1. The van der Waals surface area contributed by atoms with Crippen LogP contribution < -0.4 is 5.56 Å². The molecule has 0 fully saturated rings. The summed E-state index contributed by atoms with van der Waals surface area (Å²) in [7, 11) is 0. The van der Waals surface area contributed by atoms with Crippen molar-refractivity contribution in [1.82, 2.24) is 4.57 Å². The molecule has 0 saturated heterocycles. The lowest BCUT2D eigenvalue weighted by molar-refractivity contribution is -0.137. The number of aryl methyl sites for hydroxylation is 1. The standard InChI is InChI=1S/C14H15NO3/c1-2-5-11-8-10-6-3-4-7-12(10)14(18)15(11)9-13(16)17/h3-4,6-8H,2,5,9H2,1H3,(H,16,17). The molecule has 0 unspecified atom stereocenters. The van der Waals surface area contributed by atoms with Gasteiger partial charge < -0.3 is 9.67 Å². The van der Waals surface area contributed by atoms with E-state index in [0.29, 0.717) is 11.8 Å². The first kappa shape index (κ1) is 12.4. The third kappa shape index (κ3) is 2.27. The maximum absolute atomic E-state index is 12.3. The molecule has 2 aromatic rings. The van der Waals surface area contributed by atoms with Crippen molar-refractivity contribution in [3.63, 3.8) is 0 Å². The molecule has 0 amide bonds. The summed E-state index contributed by atoms with van der Waals surface area (Å²) in [5, 5.41) is 10.3. The van der Waals surface area contributed by atoms with Gasteiger partial charge in [0, 0.05) is 11.1 Å². The van der Waals surface area contributed by atoms with Gasteiger partial charge in [0.25, 0.3) is 5.56 Å². The topological polar surface area (TPSA) is 59.3 Å². The van der Waals surface area contributed by atoms with E-state index in [1.165, 1.54) is 4.57 Å². The van der Waals surface area contributed by atoms with Crippen LogP contribution >= 0.6 is 0 Å². The van der Waals surface area contributed by atoms with Gasteiger partial charge in [-0.3, -0.25) is 9.59 Å². The van der Waals surface area contributed by atoms with Crippen molar-refractivity contribution in [3.8, 4) is 0 Å². The van der Waals surface area contributed by atoms with Crippen LogP contribution in [0.15, 0.2) is 35.1 Å². The zero-order chi connectivity index (χ0) is 13.1. The Labute approximate surface area is 104 Å². The lowest BCUT2D eigenvalue weighted by Crippen LogP contribution is -2.27. The summed E-state index contributed by atoms with van der Waals surface area (Å²) in [4.78, 5) is 23.1. The number of carboxylic acid groups (broad SMARTS) is 1. The summed E-state index contributed by atoms with van der Waals surface area (Å²) in [5.41, 5.74) is 0.558. The van der Waals surface area contributed by atoms with E-state index in [2.05, 4.69) is 0 Å². The molecule has 0 atom stereocenters. The molecule has 0 spiro atoms. The van der Waals surface area contributed by atoms with Gasteiger partial charge in [0.15, 0.2) is 0 Å². The van der Waals surface area contributed by atoms with Crippen molar-refractivity contribution in [3.05, 3.63) is 46.4 Å². The van der Waals surface area contributed by atoms with Gasteiger partial charge in [0.05, 0.1) is 0 Å². The van der Waals surface area contributed by atoms with Crippen molar-refractivity contribution < 1.29 is 9.90 Å². The van der Waals surface area contributed by atoms with Crippen molar-refractivity contribution in [1.29, 1.82) is 0 Å². The molecule has 18 heavy (non-hydrogen) atoms. The lowest BCUT2D eigenvalue weighted by Gasteiger charge is -2.12. The van der Waals surface area contributed by atoms with Gasteiger partial charge in [-0.05, 0) is 23.9 Å². The van der Waals surface area contributed by atoms with Crippen LogP contribution in [-0.2, 0) is 17.8 Å². The third-order valence-corrected chi connectivity index (χ3v) is 2.90. The minimum absolute atomic E-state index is 0.223. The molecule has 0 bridgehead atoms. The highest BCUT2D eigenvalue weighted by Gasteiger charge is 2.10. The SMILES string of the molecule is CCCc1cc2ccccc2c(=O)n1CC(=O)O. The first-order valence-corrected chi connectivity index (χ1v) is 5.96. The van der Waals surface area contributed by atoms with Gasteiger partial charge in [0.1, 0.15) is 6.54 Å². The number of pyridine rings is 1. The zero-order valence-corrected chi connectivity index (χ0v) is 10.2. The van der Waals surface area contributed by atoms with E-state index in [4.69, 9.17) is 5.11 Å². The molecule has 0 aliphatic carbocycles. The monoisotopic (exact) mass is 245 g/mol. The van der Waals surface area contributed by atoms with Crippen LogP contribution in [0.2, 0.25) is 0 Å². The van der Waals surface area contributed by atoms with E-state index in [0.717, 1.165) is 17.5 Å². The van der Waals surface area contributed by atoms with Crippen molar-refractivity contribution >= 4 is 16.7 Å². The molecule has 4 nitrogen and oxygen atoms in total. The van der Waals surface area contributed by atoms with Gasteiger partial charge in [-0.1, -0.05) is 31.5 Å². The van der Waals surface area contributed by atoms with Crippen LogP contribution in [0.1, 0.15) is 19.0 Å². The quantitative estimate of drug-likeness (QED) is 0.896. The number of benzene rings is 1. The highest BCUT2D eigenvalue weighted by Crippen LogP contribution is 2.13. The number of nitrogens with zero attached hydrogens (tertiary/aromatic N) is 1. The molecular formula is C14H15NO3. The average molecular weight is 245 g/mol. The number of carboxylic acids is 1. The van der Waals surface area contributed by atoms with Gasteiger partial charge in [-0.15, -0.1) is 0 Å². The van der Waals surface area contributed by atoms with E-state index in [1.807, 2.05) is 25.1 Å². The van der Waals surface area contributed by atoms with Crippen LogP contribution in [0.4, 0.5) is 0 Å². The minimum atomic E-state index is -0.996. The lowest BCUT2D eigenvalue weighted by atomic mass is 10.1. The highest BCUT2D eigenvalue weighted by molar-refractivity contribution is 5.82. The van der Waals surface area contributed by atoms with Crippen LogP contribution in [0.5, 0.6) is 0 Å². The minimum Gasteiger partial charge on any atom is -0.480 e. The summed E-state index contributed by atoms with van der Waals surface area (Å²) in [6.45, 7) is 1.73. The fraction of sp³-hybridized carbons (Fsp3) is 0.286. The number of fused-ring (bicyclic) bond motifs is 1. The van der Waals surface area contributed by atoms with Crippen LogP contribution in [0.25, 0.3) is 10.8 Å². The molecule has 4 heteroatoms. The maximum Gasteiger partial charge on any atom is 0.323 e. The van der Waals surface area contributed by atoms with Crippen molar-refractivity contribution in [2.24, 2.45) is 0 Å². The van der Waals surface area contributed by atoms with Crippen LogP contribution in [0, 0.1) is 0 Å². The molecule has 1 heterocycles. The summed E-state index contributed by atoms with van der Waals surface area (Å²) in [5.74, 6) is -0.996. The average Bonchev–Trinajstić information content (AvgIpc) is 2.34. The molecule has 2 rings (SSSR count). The Hall–Kier alpha value is -2.10. The van der Waals surface area contributed by atoms with Crippen molar-refractivity contribution in [2.45, 2.75) is 26.3 Å². The fourth-order valence-corrected chi connectivity index (χ4v) is 2.12. The number of aliphatic carboxylic acids is 1. The van der Waals surface area contributed by atoms with E-state index in [-0.39, 0.29) is 12.1 Å². The number of rotatable bonds is 4. The predicted molar refractivity (Wildman–Crippen MR) is 69.8 cm³/mol. The molecule has 94 valence electrons. The number of hydrogen-bond donors (Lipinski definition) is 1. The molecule has 0 aliphatic rings. The van der Waals surface area contributed by atoms with Crippen LogP contribution in [0.3, 0.4) is 0 Å². The Morgan fingerprint density at radius 3 is 2.72 bits per heavy atom. The Balaban J connectivity index is 2.71. The molecule has 0 radical (unpaired) electrons. The third-order valence-electron chi connectivity index (χ3n) is 2.90. The highest BCUT2D eigenvalue weighted by atomic mass is 16.4. The van der Waals surface area contributed by atoms with Crippen molar-refractivity contribution in [2.75, 3.05) is 0 Å². The number of hydrogen-bond acceptors (Lipinski definition) is 2. The Bertz CT molecular complexity index is 643. The maximum atomic E-state index is 12.3. The summed E-state index contributed by atoms with van der Waals surface area (Å²) >= 11 is 0. The zero-order valence-electron chi connectivity index (χ0n) is 10.2. The molecule has 1 N–H and O–H groups in total. The second-order valence-corrected chi connectivity index (χ2v) is 4.26. The molecule has 0 saturated carbocycles. The summed E-state index contributed by atoms with van der Waals surface area (Å²) < 4.78 is 1.36. The van der Waals surface area contributed by atoms with Gasteiger partial charge in [0.2, 0.25) is 0 Å². The molecule has 0 aliphatic heterocycles. The first-order chi connectivity index (χ1) is 8.63. The van der Waals surface area contributed by atoms with Gasteiger partial charge >= 0.3 is 5.97 Å². The fourth-order valence-electron chi connectivity index (χ4n) is 2.12. The number of aromatic nitrogens is 1. The van der Waals surface area contributed by atoms with E-state index in [1.54, 1.807) is 12.1 Å². The second-order valence-electron chi connectivity index (χ2n) is 4.26. The normalized spacial score (nSPS) is 10.7. The second kappa shape index (κ2) is 5.04. The van der Waals surface area contributed by atoms with E-state index >= 15 is 0 Å². The molecular weight excluding hydrogens is 230 g/mol. The molecule has 1 aromatic carbocycles. The first-order valence-electron chi connectivity index (χ1n) is 5.96. The predicted octanol–water partition coefficient (Wildman–Crippen LogP) is 2.04. The van der Waals surface area contributed by atoms with E-state index in [9.17, 15) is 9.59 Å². The smallest absolute Gasteiger partial charge is 0.323 e. The summed E-state index contributed by atoms with van der Waals surface area (Å²) in [6, 6.07) is 9.17. The summed E-state index contributed by atoms with van der Waals surface area (Å²) in [6.07, 6.45) is 1.57.